The Labute approximate surface area is 114 Å². The van der Waals surface area contributed by atoms with Gasteiger partial charge in [0, 0.05) is 28.9 Å². The van der Waals surface area contributed by atoms with Crippen molar-refractivity contribution in [2.24, 2.45) is 0 Å². The summed E-state index contributed by atoms with van der Waals surface area (Å²) in [5.41, 5.74) is 0. The Morgan fingerprint density at radius 2 is 2.44 bits per heavy atom. The van der Waals surface area contributed by atoms with Crippen LogP contribution < -0.4 is 10.1 Å². The molecule has 0 aliphatic carbocycles. The zero-order valence-electron chi connectivity index (χ0n) is 10.5. The van der Waals surface area contributed by atoms with Gasteiger partial charge in [0.05, 0.1) is 11.7 Å². The second-order valence-corrected chi connectivity index (χ2v) is 6.37. The van der Waals surface area contributed by atoms with Gasteiger partial charge in [0.15, 0.2) is 0 Å². The van der Waals surface area contributed by atoms with Gasteiger partial charge >= 0.3 is 0 Å². The lowest BCUT2D eigenvalue weighted by Crippen LogP contribution is -2.33. The Balaban J connectivity index is 2.03. The van der Waals surface area contributed by atoms with E-state index in [9.17, 15) is 9.32 Å². The predicted octanol–water partition coefficient (Wildman–Crippen LogP) is 0.0245. The predicted molar refractivity (Wildman–Crippen MR) is 72.4 cm³/mol. The number of ether oxygens (including phenoxy) is 1. The normalized spacial score (nSPS) is 16.2. The number of aromatic nitrogens is 2. The molecule has 0 aliphatic heterocycles. The minimum atomic E-state index is -0.789. The molecule has 3 unspecified atom stereocenters. The van der Waals surface area contributed by atoms with Crippen LogP contribution in [0.1, 0.15) is 13.3 Å². The number of hydrogen-bond acceptors (Lipinski definition) is 7. The molecule has 0 fully saturated rings. The van der Waals surface area contributed by atoms with Crippen molar-refractivity contribution in [1.29, 1.82) is 0 Å². The molecule has 2 N–H and O–H groups in total. The molecule has 1 aromatic rings. The van der Waals surface area contributed by atoms with Gasteiger partial charge in [0.25, 0.3) is 0 Å². The minimum Gasteiger partial charge on any atom is -0.473 e. The third-order valence-corrected chi connectivity index (χ3v) is 4.27. The highest BCUT2D eigenvalue weighted by Crippen LogP contribution is 2.05. The molecule has 1 heterocycles. The fourth-order valence-electron chi connectivity index (χ4n) is 1.20. The lowest BCUT2D eigenvalue weighted by atomic mass is 10.3. The summed E-state index contributed by atoms with van der Waals surface area (Å²) in [6.45, 7) is 3.32. The van der Waals surface area contributed by atoms with Gasteiger partial charge in [-0.25, -0.2) is 0 Å². The van der Waals surface area contributed by atoms with Gasteiger partial charge in [-0.1, -0.05) is 6.92 Å². The van der Waals surface area contributed by atoms with E-state index in [1.807, 2.05) is 6.92 Å². The molecule has 0 radical (unpaired) electrons. The number of aliphatic hydroxyl groups excluding tert-OH is 1. The molecule has 18 heavy (non-hydrogen) atoms. The number of nitrogens with one attached hydrogen (secondary N) is 1. The van der Waals surface area contributed by atoms with E-state index >= 15 is 0 Å². The third kappa shape index (κ3) is 6.39. The van der Waals surface area contributed by atoms with Gasteiger partial charge in [-0.3, -0.25) is 4.21 Å². The first-order valence-corrected chi connectivity index (χ1v) is 8.06. The van der Waals surface area contributed by atoms with E-state index in [-0.39, 0.29) is 11.9 Å². The fourth-order valence-corrected chi connectivity index (χ4v) is 2.01. The molecule has 3 atom stereocenters. The van der Waals surface area contributed by atoms with E-state index in [0.717, 1.165) is 24.7 Å². The molecule has 1 rings (SSSR count). The highest BCUT2D eigenvalue weighted by molar-refractivity contribution is 7.84. The van der Waals surface area contributed by atoms with Gasteiger partial charge in [-0.05, 0) is 13.0 Å². The van der Waals surface area contributed by atoms with Crippen molar-refractivity contribution < 1.29 is 14.1 Å². The summed E-state index contributed by atoms with van der Waals surface area (Å²) in [4.78, 5) is 0. The zero-order valence-corrected chi connectivity index (χ0v) is 12.2. The monoisotopic (exact) mass is 293 g/mol. The first-order valence-electron chi connectivity index (χ1n) is 5.71. The molecule has 1 aromatic heterocycles. The highest BCUT2D eigenvalue weighted by atomic mass is 32.2. The van der Waals surface area contributed by atoms with Crippen molar-refractivity contribution in [3.63, 3.8) is 0 Å². The maximum Gasteiger partial charge on any atom is 0.245 e. The molecule has 6 nitrogen and oxygen atoms in total. The van der Waals surface area contributed by atoms with E-state index < -0.39 is 16.9 Å². The minimum absolute atomic E-state index is 0.173. The second kappa shape index (κ2) is 8.52. The lowest BCUT2D eigenvalue weighted by molar-refractivity contribution is 0.104. The first-order chi connectivity index (χ1) is 8.59. The number of hydrogen-bond donors (Lipinski definition) is 2. The van der Waals surface area contributed by atoms with Crippen LogP contribution in [0.25, 0.3) is 0 Å². The van der Waals surface area contributed by atoms with E-state index in [1.165, 1.54) is 6.20 Å². The van der Waals surface area contributed by atoms with Crippen LogP contribution in [0.4, 0.5) is 0 Å². The molecule has 8 heteroatoms. The summed E-state index contributed by atoms with van der Waals surface area (Å²) in [6.07, 6.45) is 3.46. The molecule has 0 aliphatic rings. The van der Waals surface area contributed by atoms with Crippen LogP contribution in [0.15, 0.2) is 6.20 Å². The van der Waals surface area contributed by atoms with Crippen LogP contribution in [0.5, 0.6) is 5.88 Å². The standard InChI is InChI=1S/C10H19N3O3S2/c1-8(18(2)15)3-4-11-5-9(14)7-16-10-6-12-17-13-10/h6,8-9,11,14H,3-5,7H2,1-2H3. The lowest BCUT2D eigenvalue weighted by Gasteiger charge is -2.13. The topological polar surface area (TPSA) is 84.3 Å². The molecule has 104 valence electrons. The summed E-state index contributed by atoms with van der Waals surface area (Å²) in [5.74, 6) is 0.439. The van der Waals surface area contributed by atoms with Crippen molar-refractivity contribution >= 4 is 22.5 Å². The van der Waals surface area contributed by atoms with Gasteiger partial charge in [-0.2, -0.15) is 4.37 Å². The molecular formula is C10H19N3O3S2. The smallest absolute Gasteiger partial charge is 0.245 e. The fraction of sp³-hybridized carbons (Fsp3) is 0.800. The number of nitrogens with zero attached hydrogens (tertiary/aromatic N) is 2. The molecule has 0 amide bonds. The maximum atomic E-state index is 11.1. The Bertz CT molecular complexity index is 348. The van der Waals surface area contributed by atoms with Gasteiger partial charge < -0.3 is 15.2 Å². The molecule has 0 saturated carbocycles. The highest BCUT2D eigenvalue weighted by Gasteiger charge is 2.08. The van der Waals surface area contributed by atoms with Crippen molar-refractivity contribution in [3.8, 4) is 5.88 Å². The van der Waals surface area contributed by atoms with Crippen LogP contribution in [-0.4, -0.2) is 55.4 Å². The molecular weight excluding hydrogens is 274 g/mol. The van der Waals surface area contributed by atoms with E-state index in [2.05, 4.69) is 14.1 Å². The molecule has 0 spiro atoms. The summed E-state index contributed by atoms with van der Waals surface area (Å²) in [5, 5.41) is 12.9. The summed E-state index contributed by atoms with van der Waals surface area (Å²) >= 11 is 1.07. The molecule has 0 bridgehead atoms. The number of rotatable bonds is 9. The second-order valence-electron chi connectivity index (χ2n) is 4.01. The SMILES string of the molecule is CC(CCNCC(O)COc1cnsn1)S(C)=O. The quantitative estimate of drug-likeness (QED) is 0.625. The average Bonchev–Trinajstić information content (AvgIpc) is 2.84. The van der Waals surface area contributed by atoms with Crippen molar-refractivity contribution in [2.75, 3.05) is 26.0 Å². The van der Waals surface area contributed by atoms with Crippen molar-refractivity contribution in [2.45, 2.75) is 24.7 Å². The average molecular weight is 293 g/mol. The largest absolute Gasteiger partial charge is 0.473 e. The summed E-state index contributed by atoms with van der Waals surface area (Å²) in [6, 6.07) is 0. The first kappa shape index (κ1) is 15.5. The van der Waals surface area contributed by atoms with Crippen molar-refractivity contribution in [1.82, 2.24) is 14.1 Å². The summed E-state index contributed by atoms with van der Waals surface area (Å²) in [7, 11) is -0.789. The Morgan fingerprint density at radius 1 is 1.67 bits per heavy atom. The van der Waals surface area contributed by atoms with Gasteiger partial charge in [0.1, 0.15) is 18.9 Å². The van der Waals surface area contributed by atoms with E-state index in [1.54, 1.807) is 6.26 Å². The van der Waals surface area contributed by atoms with Crippen molar-refractivity contribution in [3.05, 3.63) is 6.20 Å². The third-order valence-electron chi connectivity index (χ3n) is 2.44. The maximum absolute atomic E-state index is 11.1. The van der Waals surface area contributed by atoms with E-state index in [0.29, 0.717) is 12.4 Å². The zero-order chi connectivity index (χ0) is 13.4. The van der Waals surface area contributed by atoms with Crippen LogP contribution in [0.2, 0.25) is 0 Å². The number of aliphatic hydroxyl groups is 1. The van der Waals surface area contributed by atoms with Crippen LogP contribution in [0.3, 0.4) is 0 Å². The van der Waals surface area contributed by atoms with Gasteiger partial charge in [0.2, 0.25) is 5.88 Å². The Kier molecular flexibility index (Phi) is 7.33. The summed E-state index contributed by atoms with van der Waals surface area (Å²) < 4.78 is 24.0. The van der Waals surface area contributed by atoms with Crippen LogP contribution in [0, 0.1) is 0 Å². The van der Waals surface area contributed by atoms with E-state index in [4.69, 9.17) is 4.74 Å². The molecule has 0 aromatic carbocycles. The van der Waals surface area contributed by atoms with Crippen LogP contribution >= 0.6 is 11.7 Å². The molecule has 0 saturated heterocycles. The Morgan fingerprint density at radius 3 is 3.06 bits per heavy atom. The van der Waals surface area contributed by atoms with Crippen LogP contribution in [-0.2, 0) is 10.8 Å². The van der Waals surface area contributed by atoms with Gasteiger partial charge in [-0.15, -0.1) is 4.37 Å². The Hall–Kier alpha value is -0.570.